The number of methoxy groups -OCH3 is 1. The molecule has 0 atom stereocenters. The number of aromatic nitrogens is 1. The number of ether oxygens (including phenoxy) is 2. The highest BCUT2D eigenvalue weighted by molar-refractivity contribution is 6.04. The number of carbonyl (C=O) groups is 2. The monoisotopic (exact) mass is 494 g/mol. The predicted molar refractivity (Wildman–Crippen MR) is 144 cm³/mol. The second kappa shape index (κ2) is 9.77. The van der Waals surface area contributed by atoms with E-state index in [1.807, 2.05) is 60.7 Å². The largest absolute Gasteiger partial charge is 0.489 e. The van der Waals surface area contributed by atoms with Gasteiger partial charge in [-0.25, -0.2) is 4.79 Å². The van der Waals surface area contributed by atoms with Crippen LogP contribution in [0.3, 0.4) is 0 Å². The molecule has 0 spiro atoms. The van der Waals surface area contributed by atoms with E-state index < -0.39 is 0 Å². The number of rotatable bonds is 5. The van der Waals surface area contributed by atoms with Gasteiger partial charge in [0.2, 0.25) is 5.91 Å². The molecule has 1 fully saturated rings. The van der Waals surface area contributed by atoms with Gasteiger partial charge >= 0.3 is 5.97 Å². The molecule has 1 saturated carbocycles. The molecular formula is C31H30N2O4. The van der Waals surface area contributed by atoms with E-state index in [-0.39, 0.29) is 18.4 Å². The molecule has 6 nitrogen and oxygen atoms in total. The fourth-order valence-electron chi connectivity index (χ4n) is 5.88. The van der Waals surface area contributed by atoms with Gasteiger partial charge in [-0.15, -0.1) is 0 Å². The first-order valence-corrected chi connectivity index (χ1v) is 13.0. The average molecular weight is 495 g/mol. The lowest BCUT2D eigenvalue weighted by molar-refractivity contribution is -0.116. The maximum Gasteiger partial charge on any atom is 0.337 e. The van der Waals surface area contributed by atoms with Crippen LogP contribution in [0.4, 0.5) is 5.69 Å². The number of esters is 1. The van der Waals surface area contributed by atoms with Crippen molar-refractivity contribution in [2.24, 2.45) is 0 Å². The maximum atomic E-state index is 13.1. The summed E-state index contributed by atoms with van der Waals surface area (Å²) < 4.78 is 13.1. The van der Waals surface area contributed by atoms with E-state index in [0.29, 0.717) is 23.8 Å². The van der Waals surface area contributed by atoms with Crippen molar-refractivity contribution in [3.8, 4) is 17.0 Å². The summed E-state index contributed by atoms with van der Waals surface area (Å²) in [7, 11) is 1.39. The predicted octanol–water partition coefficient (Wildman–Crippen LogP) is 6.67. The number of nitrogens with one attached hydrogen (secondary N) is 1. The summed E-state index contributed by atoms with van der Waals surface area (Å²) in [5, 5.41) is 4.22. The Morgan fingerprint density at radius 1 is 1.00 bits per heavy atom. The number of hydrogen-bond acceptors (Lipinski definition) is 4. The van der Waals surface area contributed by atoms with Crippen LogP contribution in [0.25, 0.3) is 22.2 Å². The molecule has 1 aromatic heterocycles. The molecule has 0 saturated heterocycles. The van der Waals surface area contributed by atoms with Gasteiger partial charge in [-0.05, 0) is 54.2 Å². The highest BCUT2D eigenvalue weighted by Gasteiger charge is 2.30. The van der Waals surface area contributed by atoms with Crippen LogP contribution in [0.15, 0.2) is 66.7 Å². The Balaban J connectivity index is 1.49. The molecule has 0 unspecified atom stereocenters. The van der Waals surface area contributed by atoms with Crippen molar-refractivity contribution in [1.82, 2.24) is 4.57 Å². The third-order valence-corrected chi connectivity index (χ3v) is 7.61. The quantitative estimate of drug-likeness (QED) is 0.315. The average Bonchev–Trinajstić information content (AvgIpc) is 3.17. The Kier molecular flexibility index (Phi) is 6.16. The summed E-state index contributed by atoms with van der Waals surface area (Å²) in [4.78, 5) is 25.5. The molecule has 2 aliphatic rings. The summed E-state index contributed by atoms with van der Waals surface area (Å²) in [6.07, 6.45) is 5.91. The standard InChI is InChI=1S/C31H30N2O4/c1-36-31(35)22-12-14-25-27(16-22)33-18-28(34)32-26-17-23(37-19-20-8-4-2-5-9-20)13-15-24(26)30(33)29(25)21-10-6-3-7-11-21/h2,4-5,8-9,12-17,21H,3,6-7,10-11,18-19H2,1H3,(H,32,34). The Labute approximate surface area is 216 Å². The van der Waals surface area contributed by atoms with Crippen molar-refractivity contribution in [3.63, 3.8) is 0 Å². The van der Waals surface area contributed by atoms with Crippen LogP contribution < -0.4 is 10.1 Å². The zero-order chi connectivity index (χ0) is 25.4. The van der Waals surface area contributed by atoms with Crippen molar-refractivity contribution in [2.75, 3.05) is 12.4 Å². The maximum absolute atomic E-state index is 13.1. The lowest BCUT2D eigenvalue weighted by Crippen LogP contribution is -2.16. The van der Waals surface area contributed by atoms with Crippen LogP contribution in [-0.4, -0.2) is 23.6 Å². The molecule has 37 heavy (non-hydrogen) atoms. The highest BCUT2D eigenvalue weighted by atomic mass is 16.5. The molecule has 2 heterocycles. The lowest BCUT2D eigenvalue weighted by Gasteiger charge is -2.23. The van der Waals surface area contributed by atoms with Crippen LogP contribution in [0.2, 0.25) is 0 Å². The fourth-order valence-corrected chi connectivity index (χ4v) is 5.88. The van der Waals surface area contributed by atoms with Crippen molar-refractivity contribution in [2.45, 2.75) is 51.2 Å². The molecule has 6 heteroatoms. The number of fused-ring (bicyclic) bond motifs is 5. The highest BCUT2D eigenvalue weighted by Crippen LogP contribution is 2.47. The van der Waals surface area contributed by atoms with Gasteiger partial charge < -0.3 is 19.4 Å². The molecule has 3 aromatic carbocycles. The van der Waals surface area contributed by atoms with E-state index in [0.717, 1.165) is 46.3 Å². The molecule has 6 rings (SSSR count). The SMILES string of the molecule is COC(=O)c1ccc2c(C3CCCCC3)c3n(c2c1)CC(=O)Nc1cc(OCc2ccccc2)ccc1-3. The molecule has 1 N–H and O–H groups in total. The summed E-state index contributed by atoms with van der Waals surface area (Å²) in [6.45, 7) is 0.634. The minimum absolute atomic E-state index is 0.101. The second-order valence-electron chi connectivity index (χ2n) is 9.94. The first kappa shape index (κ1) is 23.3. The topological polar surface area (TPSA) is 69.6 Å². The lowest BCUT2D eigenvalue weighted by atomic mass is 9.81. The van der Waals surface area contributed by atoms with Crippen LogP contribution in [0.5, 0.6) is 5.75 Å². The number of hydrogen-bond donors (Lipinski definition) is 1. The van der Waals surface area contributed by atoms with E-state index in [1.54, 1.807) is 0 Å². The van der Waals surface area contributed by atoms with Gasteiger partial charge in [0.05, 0.1) is 29.6 Å². The Morgan fingerprint density at radius 3 is 2.59 bits per heavy atom. The third kappa shape index (κ3) is 4.37. The molecule has 188 valence electrons. The van der Waals surface area contributed by atoms with Crippen molar-refractivity contribution in [3.05, 3.63) is 83.4 Å². The smallest absolute Gasteiger partial charge is 0.337 e. The molecule has 1 amide bonds. The van der Waals surface area contributed by atoms with Crippen LogP contribution >= 0.6 is 0 Å². The van der Waals surface area contributed by atoms with Crippen molar-refractivity contribution in [1.29, 1.82) is 0 Å². The molecule has 0 radical (unpaired) electrons. The summed E-state index contributed by atoms with van der Waals surface area (Å²) in [6, 6.07) is 21.7. The van der Waals surface area contributed by atoms with E-state index in [1.165, 1.54) is 31.9 Å². The van der Waals surface area contributed by atoms with Gasteiger partial charge in [0.25, 0.3) is 0 Å². The molecule has 1 aliphatic carbocycles. The Morgan fingerprint density at radius 2 is 1.81 bits per heavy atom. The van der Waals surface area contributed by atoms with Crippen LogP contribution in [-0.2, 0) is 22.7 Å². The number of benzene rings is 3. The fraction of sp³-hybridized carbons (Fsp3) is 0.290. The van der Waals surface area contributed by atoms with E-state index >= 15 is 0 Å². The summed E-state index contributed by atoms with van der Waals surface area (Å²) in [5.41, 5.74) is 6.54. The molecule has 4 aromatic rings. The molecular weight excluding hydrogens is 464 g/mol. The van der Waals surface area contributed by atoms with Gasteiger partial charge in [0, 0.05) is 17.0 Å². The van der Waals surface area contributed by atoms with E-state index in [4.69, 9.17) is 9.47 Å². The van der Waals surface area contributed by atoms with Gasteiger partial charge in [-0.1, -0.05) is 55.7 Å². The number of anilines is 1. The zero-order valence-electron chi connectivity index (χ0n) is 21.0. The second-order valence-corrected chi connectivity index (χ2v) is 9.94. The Hall–Kier alpha value is -4.06. The van der Waals surface area contributed by atoms with Crippen molar-refractivity contribution < 1.29 is 19.1 Å². The van der Waals surface area contributed by atoms with Gasteiger partial charge in [0.15, 0.2) is 0 Å². The normalized spacial score (nSPS) is 15.4. The molecule has 0 bridgehead atoms. The van der Waals surface area contributed by atoms with Crippen LogP contribution in [0, 0.1) is 0 Å². The van der Waals surface area contributed by atoms with Gasteiger partial charge in [0.1, 0.15) is 18.9 Å². The first-order chi connectivity index (χ1) is 18.1. The number of amides is 1. The summed E-state index contributed by atoms with van der Waals surface area (Å²) >= 11 is 0. The Bertz CT molecular complexity index is 1480. The summed E-state index contributed by atoms with van der Waals surface area (Å²) in [5.74, 6) is 0.636. The molecule has 1 aliphatic heterocycles. The minimum Gasteiger partial charge on any atom is -0.489 e. The van der Waals surface area contributed by atoms with Gasteiger partial charge in [-0.2, -0.15) is 0 Å². The van der Waals surface area contributed by atoms with Gasteiger partial charge in [-0.3, -0.25) is 4.79 Å². The van der Waals surface area contributed by atoms with E-state index in [2.05, 4.69) is 16.0 Å². The minimum atomic E-state index is -0.379. The third-order valence-electron chi connectivity index (χ3n) is 7.61. The van der Waals surface area contributed by atoms with Crippen LogP contribution in [0.1, 0.15) is 59.5 Å². The van der Waals surface area contributed by atoms with E-state index in [9.17, 15) is 9.59 Å². The number of carbonyl (C=O) groups excluding carboxylic acids is 2. The first-order valence-electron chi connectivity index (χ1n) is 13.0. The number of nitrogens with zero attached hydrogens (tertiary/aromatic N) is 1. The zero-order valence-corrected chi connectivity index (χ0v) is 21.0. The van der Waals surface area contributed by atoms with Crippen molar-refractivity contribution >= 4 is 28.5 Å².